The highest BCUT2D eigenvalue weighted by molar-refractivity contribution is 7.10. The Hall–Kier alpha value is -2.27. The summed E-state index contributed by atoms with van der Waals surface area (Å²) in [5.74, 6) is 0. The normalized spacial score (nSPS) is 17.3. The van der Waals surface area contributed by atoms with Crippen molar-refractivity contribution in [1.29, 1.82) is 0 Å². The number of benzene rings is 1. The minimum absolute atomic E-state index is 0.0106. The van der Waals surface area contributed by atoms with Crippen LogP contribution in [0.15, 0.2) is 41.9 Å². The van der Waals surface area contributed by atoms with E-state index in [9.17, 15) is 4.79 Å². The maximum atomic E-state index is 12.8. The lowest BCUT2D eigenvalue weighted by Gasteiger charge is -2.35. The number of amides is 2. The summed E-state index contributed by atoms with van der Waals surface area (Å²) in [5.41, 5.74) is 3.24. The average molecular weight is 325 g/mol. The van der Waals surface area contributed by atoms with Gasteiger partial charge < -0.3 is 15.2 Å². The second-order valence-corrected chi connectivity index (χ2v) is 6.88. The van der Waals surface area contributed by atoms with E-state index < -0.39 is 0 Å². The van der Waals surface area contributed by atoms with Crippen molar-refractivity contribution >= 4 is 34.0 Å². The van der Waals surface area contributed by atoms with Crippen LogP contribution in [-0.2, 0) is 6.42 Å². The van der Waals surface area contributed by atoms with Gasteiger partial charge in [-0.1, -0.05) is 6.92 Å². The quantitative estimate of drug-likeness (QED) is 0.700. The van der Waals surface area contributed by atoms with Gasteiger partial charge in [-0.3, -0.25) is 0 Å². The summed E-state index contributed by atoms with van der Waals surface area (Å²) in [6.07, 6.45) is 3.80. The van der Waals surface area contributed by atoms with Gasteiger partial charge in [-0.15, -0.1) is 11.3 Å². The summed E-state index contributed by atoms with van der Waals surface area (Å²) < 4.78 is 0. The first-order valence-electron chi connectivity index (χ1n) is 7.97. The molecular weight excluding hydrogens is 306 g/mol. The third-order valence-electron chi connectivity index (χ3n) is 4.55. The molecule has 118 valence electrons. The molecule has 5 heteroatoms. The summed E-state index contributed by atoms with van der Waals surface area (Å²) in [5, 5.41) is 6.30. The minimum atomic E-state index is -0.0106. The topological polar surface area (TPSA) is 48.1 Å². The number of urea groups is 1. The summed E-state index contributed by atoms with van der Waals surface area (Å²) in [6, 6.07) is 10.3. The van der Waals surface area contributed by atoms with Gasteiger partial charge in [0.15, 0.2) is 0 Å². The first kappa shape index (κ1) is 14.3. The fourth-order valence-corrected chi connectivity index (χ4v) is 4.33. The zero-order valence-electron chi connectivity index (χ0n) is 13.0. The van der Waals surface area contributed by atoms with E-state index in [1.807, 2.05) is 35.4 Å². The van der Waals surface area contributed by atoms with Crippen LogP contribution in [0.2, 0.25) is 0 Å². The second-order valence-electron chi connectivity index (χ2n) is 5.88. The highest BCUT2D eigenvalue weighted by Gasteiger charge is 2.30. The molecule has 0 aliphatic carbocycles. The predicted molar refractivity (Wildman–Crippen MR) is 95.1 cm³/mol. The third kappa shape index (κ3) is 2.51. The summed E-state index contributed by atoms with van der Waals surface area (Å²) >= 11 is 1.80. The molecule has 1 aliphatic rings. The van der Waals surface area contributed by atoms with Gasteiger partial charge in [-0.05, 0) is 54.1 Å². The fourth-order valence-electron chi connectivity index (χ4n) is 3.41. The Kier molecular flexibility index (Phi) is 3.58. The molecule has 2 aromatic heterocycles. The van der Waals surface area contributed by atoms with Gasteiger partial charge in [0.05, 0.1) is 6.04 Å². The average Bonchev–Trinajstić information content (AvgIpc) is 3.21. The van der Waals surface area contributed by atoms with Gasteiger partial charge in [-0.2, -0.15) is 0 Å². The Bertz CT molecular complexity index is 851. The molecule has 4 rings (SSSR count). The van der Waals surface area contributed by atoms with Crippen LogP contribution in [-0.4, -0.2) is 22.5 Å². The number of hydrogen-bond donors (Lipinski definition) is 2. The number of carbonyl (C=O) groups is 1. The largest absolute Gasteiger partial charge is 0.361 e. The SMILES string of the molecule is CC[C@@H]1c2ccsc2CCN1C(=O)Nc1ccc2[nH]ccc2c1. The summed E-state index contributed by atoms with van der Waals surface area (Å²) in [7, 11) is 0. The van der Waals surface area contributed by atoms with Gasteiger partial charge in [0, 0.05) is 34.2 Å². The van der Waals surface area contributed by atoms with Crippen LogP contribution >= 0.6 is 11.3 Å². The van der Waals surface area contributed by atoms with Crippen molar-refractivity contribution in [2.45, 2.75) is 25.8 Å². The van der Waals surface area contributed by atoms with Gasteiger partial charge in [-0.25, -0.2) is 4.79 Å². The van der Waals surface area contributed by atoms with Crippen molar-refractivity contribution in [2.75, 3.05) is 11.9 Å². The van der Waals surface area contributed by atoms with Gasteiger partial charge >= 0.3 is 6.03 Å². The van der Waals surface area contributed by atoms with Crippen LogP contribution in [0.25, 0.3) is 10.9 Å². The highest BCUT2D eigenvalue weighted by atomic mass is 32.1. The van der Waals surface area contributed by atoms with Crippen molar-refractivity contribution in [3.05, 3.63) is 52.3 Å². The third-order valence-corrected chi connectivity index (χ3v) is 5.54. The molecule has 0 radical (unpaired) electrons. The molecule has 0 saturated heterocycles. The van der Waals surface area contributed by atoms with Crippen LogP contribution in [0.4, 0.5) is 10.5 Å². The molecule has 1 aliphatic heterocycles. The van der Waals surface area contributed by atoms with E-state index in [0.29, 0.717) is 0 Å². The number of nitrogens with one attached hydrogen (secondary N) is 2. The van der Waals surface area contributed by atoms with E-state index in [4.69, 9.17) is 0 Å². The van der Waals surface area contributed by atoms with Crippen molar-refractivity contribution in [2.24, 2.45) is 0 Å². The Morgan fingerprint density at radius 2 is 2.30 bits per heavy atom. The molecule has 23 heavy (non-hydrogen) atoms. The number of thiophene rings is 1. The van der Waals surface area contributed by atoms with Crippen molar-refractivity contribution in [3.8, 4) is 0 Å². The first-order valence-corrected chi connectivity index (χ1v) is 8.85. The fraction of sp³-hybridized carbons (Fsp3) is 0.278. The lowest BCUT2D eigenvalue weighted by Crippen LogP contribution is -2.41. The Labute approximate surface area is 139 Å². The van der Waals surface area contributed by atoms with Crippen molar-refractivity contribution in [3.63, 3.8) is 0 Å². The van der Waals surface area contributed by atoms with E-state index in [-0.39, 0.29) is 12.1 Å². The first-order chi connectivity index (χ1) is 11.3. The zero-order valence-corrected chi connectivity index (χ0v) is 13.8. The molecule has 1 aromatic carbocycles. The molecular formula is C18H19N3OS. The van der Waals surface area contributed by atoms with E-state index >= 15 is 0 Å². The molecule has 0 spiro atoms. The van der Waals surface area contributed by atoms with E-state index in [2.05, 4.69) is 28.7 Å². The molecule has 0 fully saturated rings. The highest BCUT2D eigenvalue weighted by Crippen LogP contribution is 2.35. The molecule has 3 heterocycles. The van der Waals surface area contributed by atoms with Gasteiger partial charge in [0.2, 0.25) is 0 Å². The number of nitrogens with zero attached hydrogens (tertiary/aromatic N) is 1. The van der Waals surface area contributed by atoms with Crippen LogP contribution in [0.1, 0.15) is 29.8 Å². The van der Waals surface area contributed by atoms with Crippen molar-refractivity contribution < 1.29 is 4.79 Å². The number of fused-ring (bicyclic) bond motifs is 2. The molecule has 2 amide bonds. The summed E-state index contributed by atoms with van der Waals surface area (Å²) in [4.78, 5) is 19.3. The lowest BCUT2D eigenvalue weighted by atomic mass is 9.98. The zero-order chi connectivity index (χ0) is 15.8. The standard InChI is InChI=1S/C18H19N3OS/c1-2-16-14-7-10-23-17(14)6-9-21(16)18(22)20-13-3-4-15-12(11-13)5-8-19-15/h3-5,7-8,10-11,16,19H,2,6,9H2,1H3,(H,20,22)/t16-/m1/s1. The van der Waals surface area contributed by atoms with Gasteiger partial charge in [0.1, 0.15) is 0 Å². The smallest absolute Gasteiger partial charge is 0.322 e. The Morgan fingerprint density at radius 1 is 1.39 bits per heavy atom. The number of aromatic amines is 1. The number of carbonyl (C=O) groups excluding carboxylic acids is 1. The number of rotatable bonds is 2. The molecule has 3 aromatic rings. The molecule has 0 bridgehead atoms. The monoisotopic (exact) mass is 325 g/mol. The molecule has 0 unspecified atom stereocenters. The van der Waals surface area contributed by atoms with Crippen molar-refractivity contribution in [1.82, 2.24) is 9.88 Å². The summed E-state index contributed by atoms with van der Waals surface area (Å²) in [6.45, 7) is 2.92. The maximum Gasteiger partial charge on any atom is 0.322 e. The Balaban J connectivity index is 1.56. The number of aromatic nitrogens is 1. The van der Waals surface area contributed by atoms with Crippen LogP contribution in [0.5, 0.6) is 0 Å². The van der Waals surface area contributed by atoms with Gasteiger partial charge in [0.25, 0.3) is 0 Å². The van der Waals surface area contributed by atoms with E-state index in [1.54, 1.807) is 11.3 Å². The molecule has 4 nitrogen and oxygen atoms in total. The van der Waals surface area contributed by atoms with E-state index in [1.165, 1.54) is 10.4 Å². The predicted octanol–water partition coefficient (Wildman–Crippen LogP) is 4.77. The number of hydrogen-bond acceptors (Lipinski definition) is 2. The Morgan fingerprint density at radius 3 is 3.17 bits per heavy atom. The second kappa shape index (κ2) is 5.74. The molecule has 0 saturated carbocycles. The van der Waals surface area contributed by atoms with Crippen LogP contribution < -0.4 is 5.32 Å². The maximum absolute atomic E-state index is 12.8. The van der Waals surface area contributed by atoms with Crippen LogP contribution in [0.3, 0.4) is 0 Å². The van der Waals surface area contributed by atoms with Crippen LogP contribution in [0, 0.1) is 0 Å². The van der Waals surface area contributed by atoms with E-state index in [0.717, 1.165) is 36.0 Å². The molecule has 2 N–H and O–H groups in total. The minimum Gasteiger partial charge on any atom is -0.361 e. The molecule has 1 atom stereocenters. The number of anilines is 1. The number of H-pyrrole nitrogens is 1. The lowest BCUT2D eigenvalue weighted by molar-refractivity contribution is 0.181.